The molecule has 5 unspecified atom stereocenters. The first-order valence-electron chi connectivity index (χ1n) is 8.21. The molecule has 1 heterocycles. The molecule has 20 heavy (non-hydrogen) atoms. The SMILES string of the molecule is CC(N)C1CCN(C(=O)C2C3C4CCC(C4)C23)CC1.Cl. The number of carbonyl (C=O) groups excluding carboxylic acids is 1. The lowest BCUT2D eigenvalue weighted by Gasteiger charge is -2.34. The molecule has 3 nitrogen and oxygen atoms in total. The topological polar surface area (TPSA) is 46.3 Å². The number of likely N-dealkylation sites (tertiary alicyclic amines) is 1. The number of amides is 1. The minimum absolute atomic E-state index is 0. The highest BCUT2D eigenvalue weighted by atomic mass is 35.5. The fourth-order valence-electron chi connectivity index (χ4n) is 5.51. The summed E-state index contributed by atoms with van der Waals surface area (Å²) in [5.74, 6) is 4.94. The molecule has 5 atom stereocenters. The second-order valence-corrected chi connectivity index (χ2v) is 7.54. The summed E-state index contributed by atoms with van der Waals surface area (Å²) in [5, 5.41) is 0. The van der Waals surface area contributed by atoms with Crippen molar-refractivity contribution >= 4 is 18.3 Å². The minimum Gasteiger partial charge on any atom is -0.342 e. The van der Waals surface area contributed by atoms with Gasteiger partial charge in [-0.1, -0.05) is 0 Å². The van der Waals surface area contributed by atoms with E-state index < -0.39 is 0 Å². The molecule has 0 spiro atoms. The Kier molecular flexibility index (Phi) is 3.79. The number of nitrogens with two attached hydrogens (primary N) is 1. The van der Waals surface area contributed by atoms with Crippen LogP contribution in [-0.2, 0) is 4.79 Å². The molecule has 4 aliphatic rings. The molecule has 1 saturated heterocycles. The molecular formula is C16H27ClN2O. The van der Waals surface area contributed by atoms with Crippen LogP contribution in [0.3, 0.4) is 0 Å². The highest BCUT2D eigenvalue weighted by Crippen LogP contribution is 2.69. The second kappa shape index (κ2) is 5.17. The van der Waals surface area contributed by atoms with Crippen molar-refractivity contribution < 1.29 is 4.79 Å². The van der Waals surface area contributed by atoms with Gasteiger partial charge >= 0.3 is 0 Å². The molecule has 3 aliphatic carbocycles. The maximum atomic E-state index is 12.7. The first-order valence-corrected chi connectivity index (χ1v) is 8.21. The minimum atomic E-state index is 0. The molecule has 0 radical (unpaired) electrons. The maximum absolute atomic E-state index is 12.7. The van der Waals surface area contributed by atoms with Crippen LogP contribution in [0.5, 0.6) is 0 Å². The van der Waals surface area contributed by atoms with Gasteiger partial charge in [-0.25, -0.2) is 0 Å². The van der Waals surface area contributed by atoms with E-state index in [1.165, 1.54) is 19.3 Å². The van der Waals surface area contributed by atoms with Gasteiger partial charge in [-0.05, 0) is 68.6 Å². The third-order valence-corrected chi connectivity index (χ3v) is 6.62. The van der Waals surface area contributed by atoms with Crippen LogP contribution in [0.4, 0.5) is 0 Å². The Morgan fingerprint density at radius 2 is 1.65 bits per heavy atom. The van der Waals surface area contributed by atoms with E-state index in [4.69, 9.17) is 5.73 Å². The van der Waals surface area contributed by atoms with Crippen LogP contribution in [0.2, 0.25) is 0 Å². The summed E-state index contributed by atoms with van der Waals surface area (Å²) < 4.78 is 0. The van der Waals surface area contributed by atoms with E-state index in [0.717, 1.165) is 49.6 Å². The van der Waals surface area contributed by atoms with Gasteiger partial charge in [-0.2, -0.15) is 0 Å². The first-order chi connectivity index (χ1) is 9.16. The predicted molar refractivity (Wildman–Crippen MR) is 81.5 cm³/mol. The number of nitrogens with zero attached hydrogens (tertiary/aromatic N) is 1. The molecule has 0 aromatic rings. The third-order valence-electron chi connectivity index (χ3n) is 6.62. The van der Waals surface area contributed by atoms with E-state index in [1.54, 1.807) is 0 Å². The molecule has 0 aromatic heterocycles. The van der Waals surface area contributed by atoms with E-state index in [1.807, 2.05) is 0 Å². The molecule has 2 N–H and O–H groups in total. The third kappa shape index (κ3) is 2.09. The molecule has 1 amide bonds. The number of fused-ring (bicyclic) bond motifs is 5. The van der Waals surface area contributed by atoms with E-state index in [0.29, 0.717) is 17.7 Å². The maximum Gasteiger partial charge on any atom is 0.226 e. The largest absolute Gasteiger partial charge is 0.342 e. The summed E-state index contributed by atoms with van der Waals surface area (Å²) in [6, 6.07) is 0.286. The van der Waals surface area contributed by atoms with Crippen LogP contribution in [0.15, 0.2) is 0 Å². The molecule has 4 rings (SSSR count). The zero-order valence-electron chi connectivity index (χ0n) is 12.3. The van der Waals surface area contributed by atoms with Gasteiger partial charge in [0.25, 0.3) is 0 Å². The Morgan fingerprint density at radius 1 is 1.10 bits per heavy atom. The van der Waals surface area contributed by atoms with Crippen LogP contribution in [0, 0.1) is 35.5 Å². The highest BCUT2D eigenvalue weighted by Gasteiger charge is 2.67. The molecule has 4 heteroatoms. The van der Waals surface area contributed by atoms with Gasteiger partial charge in [-0.15, -0.1) is 12.4 Å². The van der Waals surface area contributed by atoms with E-state index in [-0.39, 0.29) is 18.4 Å². The molecule has 4 fully saturated rings. The quantitative estimate of drug-likeness (QED) is 0.850. The summed E-state index contributed by atoms with van der Waals surface area (Å²) in [6.45, 7) is 4.01. The van der Waals surface area contributed by atoms with Gasteiger partial charge in [-0.3, -0.25) is 4.79 Å². The molecule has 1 aliphatic heterocycles. The van der Waals surface area contributed by atoms with Crippen molar-refractivity contribution in [1.82, 2.24) is 4.90 Å². The van der Waals surface area contributed by atoms with Gasteiger partial charge in [0.15, 0.2) is 0 Å². The summed E-state index contributed by atoms with van der Waals surface area (Å²) in [5.41, 5.74) is 5.98. The lowest BCUT2D eigenvalue weighted by atomic mass is 9.90. The highest BCUT2D eigenvalue weighted by molar-refractivity contribution is 5.85. The molecule has 114 valence electrons. The zero-order valence-corrected chi connectivity index (χ0v) is 13.1. The van der Waals surface area contributed by atoms with E-state index in [9.17, 15) is 4.79 Å². The molecule has 2 bridgehead atoms. The number of hydrogen-bond acceptors (Lipinski definition) is 2. The average Bonchev–Trinajstić information content (AvgIpc) is 2.85. The van der Waals surface area contributed by atoms with Crippen LogP contribution in [0.25, 0.3) is 0 Å². The summed E-state index contributed by atoms with van der Waals surface area (Å²) in [6.07, 6.45) is 6.47. The number of rotatable bonds is 2. The molecule has 3 saturated carbocycles. The van der Waals surface area contributed by atoms with Crippen molar-refractivity contribution in [3.8, 4) is 0 Å². The van der Waals surface area contributed by atoms with Crippen LogP contribution in [-0.4, -0.2) is 29.9 Å². The Labute approximate surface area is 128 Å². The standard InChI is InChI=1S/C16H26N2O.ClH/c1-9(17)10-4-6-18(7-5-10)16(19)15-13-11-2-3-12(8-11)14(13)15;/h9-15H,2-8,17H2,1H3;1H. The monoisotopic (exact) mass is 298 g/mol. The zero-order chi connectivity index (χ0) is 13.1. The van der Waals surface area contributed by atoms with Crippen molar-refractivity contribution in [1.29, 1.82) is 0 Å². The average molecular weight is 299 g/mol. The van der Waals surface area contributed by atoms with Crippen LogP contribution < -0.4 is 5.73 Å². The van der Waals surface area contributed by atoms with Crippen LogP contribution in [0.1, 0.15) is 39.0 Å². The van der Waals surface area contributed by atoms with Crippen molar-refractivity contribution in [2.45, 2.75) is 45.1 Å². The Balaban J connectivity index is 0.00000121. The number of carbonyl (C=O) groups is 1. The fraction of sp³-hybridized carbons (Fsp3) is 0.938. The number of hydrogen-bond donors (Lipinski definition) is 1. The Morgan fingerprint density at radius 3 is 2.15 bits per heavy atom. The normalized spacial score (nSPS) is 43.9. The van der Waals surface area contributed by atoms with Crippen molar-refractivity contribution in [2.75, 3.05) is 13.1 Å². The predicted octanol–water partition coefficient (Wildman–Crippen LogP) is 2.29. The Hall–Kier alpha value is -0.280. The fourth-order valence-corrected chi connectivity index (χ4v) is 5.51. The molecular weight excluding hydrogens is 272 g/mol. The smallest absolute Gasteiger partial charge is 0.226 e. The van der Waals surface area contributed by atoms with Gasteiger partial charge in [0.05, 0.1) is 0 Å². The van der Waals surface area contributed by atoms with Gasteiger partial charge in [0, 0.05) is 25.0 Å². The summed E-state index contributed by atoms with van der Waals surface area (Å²) in [7, 11) is 0. The summed E-state index contributed by atoms with van der Waals surface area (Å²) in [4.78, 5) is 14.8. The second-order valence-electron chi connectivity index (χ2n) is 7.54. The van der Waals surface area contributed by atoms with Crippen molar-refractivity contribution in [3.63, 3.8) is 0 Å². The van der Waals surface area contributed by atoms with Gasteiger partial charge in [0.2, 0.25) is 5.91 Å². The lowest BCUT2D eigenvalue weighted by molar-refractivity contribution is -0.135. The first kappa shape index (κ1) is 14.6. The van der Waals surface area contributed by atoms with Crippen molar-refractivity contribution in [3.05, 3.63) is 0 Å². The van der Waals surface area contributed by atoms with Crippen LogP contribution >= 0.6 is 12.4 Å². The van der Waals surface area contributed by atoms with E-state index >= 15 is 0 Å². The van der Waals surface area contributed by atoms with E-state index in [2.05, 4.69) is 11.8 Å². The lowest BCUT2D eigenvalue weighted by Crippen LogP contribution is -2.43. The molecule has 0 aromatic carbocycles. The van der Waals surface area contributed by atoms with Crippen molar-refractivity contribution in [2.24, 2.45) is 41.2 Å². The van der Waals surface area contributed by atoms with Gasteiger partial charge < -0.3 is 10.6 Å². The number of halogens is 1. The van der Waals surface area contributed by atoms with Gasteiger partial charge in [0.1, 0.15) is 0 Å². The number of piperidine rings is 1. The Bertz CT molecular complexity index is 376. The summed E-state index contributed by atoms with van der Waals surface area (Å²) >= 11 is 0.